The number of methoxy groups -OCH3 is 1. The van der Waals surface area contributed by atoms with Crippen LogP contribution in [-0.4, -0.2) is 55.3 Å². The lowest BCUT2D eigenvalue weighted by atomic mass is 9.87. The van der Waals surface area contributed by atoms with Crippen molar-refractivity contribution in [3.63, 3.8) is 0 Å². The van der Waals surface area contributed by atoms with Gasteiger partial charge in [0.05, 0.1) is 19.3 Å². The molecule has 6 nitrogen and oxygen atoms in total. The Labute approximate surface area is 259 Å². The predicted molar refractivity (Wildman–Crippen MR) is 177 cm³/mol. The molecule has 246 valence electrons. The Morgan fingerprint density at radius 1 is 1.10 bits per heavy atom. The molecule has 42 heavy (non-hydrogen) atoms. The van der Waals surface area contributed by atoms with Crippen LogP contribution in [0.5, 0.6) is 0 Å². The maximum absolute atomic E-state index is 13.0. The molecular weight excluding hydrogens is 528 g/mol. The molecule has 0 aliphatic carbocycles. The summed E-state index contributed by atoms with van der Waals surface area (Å²) in [6, 6.07) is 0. The number of aliphatic hydroxyl groups is 2. The summed E-state index contributed by atoms with van der Waals surface area (Å²) < 4.78 is 17.4. The molecule has 0 amide bonds. The topological polar surface area (TPSA) is 85.2 Å². The number of ether oxygens (including phenoxy) is 3. The maximum Gasteiger partial charge on any atom is 0.373 e. The first-order valence-electron chi connectivity index (χ1n) is 16.2. The number of rotatable bonds is 5. The SMILES string of the molecule is CC.CCC.CO.CO/C1=C\C(C)=C\C(C)C(O)[C@@H](C)C/C(C)=C/C=C/CC(C(C)CCC2CCC(C)CO2)OC1=O. The molecule has 0 bridgehead atoms. The standard InChI is InChI=1S/C30H48O5.C3H8.C2H6.CH4O/c1-20-10-8-9-11-27(23(4)13-15-26-14-12-21(2)19-34-26)35-30(32)28(33-7)18-22(3)17-25(6)29(31)24(5)16-20;1-3-2;2*1-2/h8-10,17-18,21,23-27,29,31H,11-16,19H2,1-7H3;3H2,1-2H3;1-2H3;2H,1H3/b9-8+,20-10+,22-17+,28-18-;;;/t21?,23?,24-,25?,26?,27?,29?;;;/m0.../s1. The zero-order valence-electron chi connectivity index (χ0n) is 29.1. The molecule has 0 spiro atoms. The molecule has 0 aromatic rings. The Bertz CT molecular complexity index is 804. The Kier molecular flexibility index (Phi) is 25.7. The van der Waals surface area contributed by atoms with E-state index in [1.807, 2.05) is 39.8 Å². The zero-order chi connectivity index (χ0) is 32.7. The predicted octanol–water partition coefficient (Wildman–Crippen LogP) is 8.59. The van der Waals surface area contributed by atoms with E-state index in [-0.39, 0.29) is 29.6 Å². The van der Waals surface area contributed by atoms with Crippen molar-refractivity contribution in [1.29, 1.82) is 0 Å². The van der Waals surface area contributed by atoms with Gasteiger partial charge in [0.25, 0.3) is 0 Å². The van der Waals surface area contributed by atoms with Crippen LogP contribution >= 0.6 is 0 Å². The molecule has 2 aliphatic heterocycles. The summed E-state index contributed by atoms with van der Waals surface area (Å²) in [5.41, 5.74) is 2.09. The first-order valence-corrected chi connectivity index (χ1v) is 16.2. The van der Waals surface area contributed by atoms with E-state index < -0.39 is 12.1 Å². The molecular formula is C36H66O6. The molecule has 6 heteroatoms. The number of hydrogen-bond donors (Lipinski definition) is 2. The number of allylic oxidation sites excluding steroid dienone is 5. The van der Waals surface area contributed by atoms with Crippen molar-refractivity contribution in [2.24, 2.45) is 23.7 Å². The summed E-state index contributed by atoms with van der Waals surface area (Å²) in [4.78, 5) is 13.0. The van der Waals surface area contributed by atoms with Crippen molar-refractivity contribution < 1.29 is 29.2 Å². The molecule has 2 aliphatic rings. The smallest absolute Gasteiger partial charge is 0.373 e. The van der Waals surface area contributed by atoms with E-state index in [4.69, 9.17) is 19.3 Å². The Morgan fingerprint density at radius 2 is 1.71 bits per heavy atom. The van der Waals surface area contributed by atoms with Crippen LogP contribution in [0, 0.1) is 23.7 Å². The normalized spacial score (nSPS) is 32.4. The van der Waals surface area contributed by atoms with Crippen molar-refractivity contribution in [2.45, 2.75) is 132 Å². The van der Waals surface area contributed by atoms with Gasteiger partial charge in [-0.25, -0.2) is 4.79 Å². The summed E-state index contributed by atoms with van der Waals surface area (Å²) in [7, 11) is 2.49. The average Bonchev–Trinajstić information content (AvgIpc) is 2.98. The molecule has 2 N–H and O–H groups in total. The van der Waals surface area contributed by atoms with E-state index >= 15 is 0 Å². The number of carbonyl (C=O) groups excluding carboxylic acids is 1. The highest BCUT2D eigenvalue weighted by Crippen LogP contribution is 2.27. The van der Waals surface area contributed by atoms with Crippen LogP contribution in [0.3, 0.4) is 0 Å². The summed E-state index contributed by atoms with van der Waals surface area (Å²) in [5.74, 6) is 0.645. The van der Waals surface area contributed by atoms with Gasteiger partial charge in [0, 0.05) is 26.1 Å². The molecule has 1 saturated heterocycles. The molecule has 0 saturated carbocycles. The number of hydrogen-bond acceptors (Lipinski definition) is 6. The van der Waals surface area contributed by atoms with Crippen molar-refractivity contribution in [1.82, 2.24) is 0 Å². The lowest BCUT2D eigenvalue weighted by Gasteiger charge is -2.29. The van der Waals surface area contributed by atoms with Crippen LogP contribution < -0.4 is 0 Å². The van der Waals surface area contributed by atoms with Gasteiger partial charge in [0.2, 0.25) is 5.76 Å². The lowest BCUT2D eigenvalue weighted by Crippen LogP contribution is -2.29. The molecule has 6 unspecified atom stereocenters. The molecule has 7 atom stereocenters. The van der Waals surface area contributed by atoms with Crippen LogP contribution in [-0.2, 0) is 19.0 Å². The second-order valence-corrected chi connectivity index (χ2v) is 11.7. The highest BCUT2D eigenvalue weighted by Gasteiger charge is 2.26. The molecule has 2 heterocycles. The van der Waals surface area contributed by atoms with Crippen LogP contribution in [0.2, 0.25) is 0 Å². The number of esters is 1. The van der Waals surface area contributed by atoms with Gasteiger partial charge in [-0.2, -0.15) is 0 Å². The highest BCUT2D eigenvalue weighted by atomic mass is 16.6. The van der Waals surface area contributed by atoms with Gasteiger partial charge in [-0.3, -0.25) is 0 Å². The van der Waals surface area contributed by atoms with E-state index in [1.165, 1.54) is 25.5 Å². The first-order chi connectivity index (χ1) is 20.0. The number of cyclic esters (lactones) is 1. The van der Waals surface area contributed by atoms with Crippen molar-refractivity contribution in [3.05, 3.63) is 47.3 Å². The first kappa shape index (κ1) is 42.2. The maximum atomic E-state index is 13.0. The van der Waals surface area contributed by atoms with Gasteiger partial charge in [0.1, 0.15) is 6.10 Å². The third kappa shape index (κ3) is 17.9. The van der Waals surface area contributed by atoms with Gasteiger partial charge >= 0.3 is 5.97 Å². The largest absolute Gasteiger partial charge is 0.490 e. The minimum atomic E-state index is -0.474. The van der Waals surface area contributed by atoms with Crippen LogP contribution in [0.25, 0.3) is 0 Å². The third-order valence-corrected chi connectivity index (χ3v) is 7.39. The Morgan fingerprint density at radius 3 is 2.26 bits per heavy atom. The summed E-state index contributed by atoms with van der Waals surface area (Å²) in [6.07, 6.45) is 16.5. The van der Waals surface area contributed by atoms with Crippen LogP contribution in [0.15, 0.2) is 47.3 Å². The van der Waals surface area contributed by atoms with Gasteiger partial charge in [-0.15, -0.1) is 0 Å². The summed E-state index contributed by atoms with van der Waals surface area (Å²) in [6.45, 7) is 21.6. The van der Waals surface area contributed by atoms with E-state index in [1.54, 1.807) is 6.08 Å². The van der Waals surface area contributed by atoms with Crippen molar-refractivity contribution in [2.75, 3.05) is 20.8 Å². The van der Waals surface area contributed by atoms with E-state index in [0.717, 1.165) is 45.0 Å². The fraction of sp³-hybridized carbons (Fsp3) is 0.750. The van der Waals surface area contributed by atoms with Crippen molar-refractivity contribution >= 4 is 5.97 Å². The Balaban J connectivity index is 0. The van der Waals surface area contributed by atoms with Crippen molar-refractivity contribution in [3.8, 4) is 0 Å². The second-order valence-electron chi connectivity index (χ2n) is 11.7. The highest BCUT2D eigenvalue weighted by molar-refractivity contribution is 5.87. The van der Waals surface area contributed by atoms with Gasteiger partial charge < -0.3 is 24.4 Å². The Hall–Kier alpha value is -1.89. The summed E-state index contributed by atoms with van der Waals surface area (Å²) >= 11 is 0. The quantitative estimate of drug-likeness (QED) is 0.310. The van der Waals surface area contributed by atoms with Crippen LogP contribution in [0.4, 0.5) is 0 Å². The minimum absolute atomic E-state index is 0.0515. The molecule has 1 fully saturated rings. The van der Waals surface area contributed by atoms with Gasteiger partial charge in [-0.1, -0.05) is 97.3 Å². The van der Waals surface area contributed by atoms with Gasteiger partial charge in [0.15, 0.2) is 0 Å². The average molecular weight is 595 g/mol. The van der Waals surface area contributed by atoms with E-state index in [2.05, 4.69) is 53.7 Å². The number of carbonyl (C=O) groups is 1. The minimum Gasteiger partial charge on any atom is -0.490 e. The van der Waals surface area contributed by atoms with E-state index in [0.29, 0.717) is 18.4 Å². The third-order valence-electron chi connectivity index (χ3n) is 7.39. The molecule has 0 aromatic heterocycles. The monoisotopic (exact) mass is 594 g/mol. The van der Waals surface area contributed by atoms with Gasteiger partial charge in [-0.05, 0) is 69.8 Å². The second kappa shape index (κ2) is 25.6. The molecule has 0 radical (unpaired) electrons. The lowest BCUT2D eigenvalue weighted by molar-refractivity contribution is -0.150. The van der Waals surface area contributed by atoms with E-state index in [9.17, 15) is 9.90 Å². The fourth-order valence-electron chi connectivity index (χ4n) is 5.02. The molecule has 2 rings (SSSR count). The summed E-state index contributed by atoms with van der Waals surface area (Å²) in [5, 5.41) is 17.8. The zero-order valence-corrected chi connectivity index (χ0v) is 29.1. The van der Waals surface area contributed by atoms with Crippen LogP contribution in [0.1, 0.15) is 114 Å². The fourth-order valence-corrected chi connectivity index (χ4v) is 5.02. The number of aliphatic hydroxyl groups excluding tert-OH is 2. The molecule has 0 aromatic carbocycles.